The minimum Gasteiger partial charge on any atom is -0.434 e. The summed E-state index contributed by atoms with van der Waals surface area (Å²) >= 11 is 0. The Morgan fingerprint density at radius 2 is 1.75 bits per heavy atom. The third kappa shape index (κ3) is 3.72. The van der Waals surface area contributed by atoms with E-state index in [2.05, 4.69) is 6.58 Å². The molecule has 0 aliphatic heterocycles. The quantitative estimate of drug-likeness (QED) is 0.348. The Bertz CT molecular complexity index is 576. The zero-order valence-corrected chi connectivity index (χ0v) is 11.1. The average molecular weight is 268 g/mol. The van der Waals surface area contributed by atoms with Crippen molar-refractivity contribution >= 4 is 6.16 Å². The van der Waals surface area contributed by atoms with Crippen LogP contribution in [0.5, 0.6) is 5.75 Å². The lowest BCUT2D eigenvalue weighted by atomic mass is 10.1. The predicted molar refractivity (Wildman–Crippen MR) is 78.7 cm³/mol. The van der Waals surface area contributed by atoms with E-state index >= 15 is 0 Å². The molecule has 20 heavy (non-hydrogen) atoms. The van der Waals surface area contributed by atoms with Gasteiger partial charge in [-0.3, -0.25) is 0 Å². The van der Waals surface area contributed by atoms with Crippen LogP contribution in [-0.2, 0) is 4.74 Å². The summed E-state index contributed by atoms with van der Waals surface area (Å²) in [4.78, 5) is 11.6. The van der Waals surface area contributed by atoms with Crippen LogP contribution in [-0.4, -0.2) is 12.8 Å². The van der Waals surface area contributed by atoms with Crippen molar-refractivity contribution in [1.29, 1.82) is 0 Å². The molecule has 2 aromatic carbocycles. The Morgan fingerprint density at radius 3 is 2.50 bits per heavy atom. The summed E-state index contributed by atoms with van der Waals surface area (Å²) in [5.41, 5.74) is 1.84. The third-order valence-corrected chi connectivity index (χ3v) is 2.71. The van der Waals surface area contributed by atoms with Gasteiger partial charge < -0.3 is 9.47 Å². The normalized spacial score (nSPS) is 9.80. The van der Waals surface area contributed by atoms with Gasteiger partial charge in [0, 0.05) is 5.56 Å². The lowest BCUT2D eigenvalue weighted by molar-refractivity contribution is 0.101. The molecule has 0 saturated heterocycles. The molecule has 2 aromatic rings. The molecular weight excluding hydrogens is 252 g/mol. The number of para-hydroxylation sites is 1. The van der Waals surface area contributed by atoms with E-state index < -0.39 is 6.16 Å². The van der Waals surface area contributed by atoms with Crippen molar-refractivity contribution in [3.63, 3.8) is 0 Å². The van der Waals surface area contributed by atoms with Crippen LogP contribution in [0.1, 0.15) is 6.42 Å². The number of rotatable bonds is 5. The van der Waals surface area contributed by atoms with Gasteiger partial charge in [-0.15, -0.1) is 6.58 Å². The first kappa shape index (κ1) is 13.9. The Hall–Kier alpha value is -2.55. The number of hydrogen-bond acceptors (Lipinski definition) is 3. The van der Waals surface area contributed by atoms with E-state index in [1.807, 2.05) is 48.5 Å². The molecule has 3 nitrogen and oxygen atoms in total. The summed E-state index contributed by atoms with van der Waals surface area (Å²) in [5.74, 6) is 0.488. The highest BCUT2D eigenvalue weighted by Crippen LogP contribution is 2.29. The van der Waals surface area contributed by atoms with Crippen molar-refractivity contribution in [3.05, 3.63) is 67.3 Å². The van der Waals surface area contributed by atoms with Gasteiger partial charge in [-0.2, -0.15) is 0 Å². The molecule has 0 heterocycles. The number of hydrogen-bond donors (Lipinski definition) is 0. The molecule has 0 amide bonds. The van der Waals surface area contributed by atoms with Crippen molar-refractivity contribution < 1.29 is 14.3 Å². The fourth-order valence-corrected chi connectivity index (χ4v) is 1.76. The van der Waals surface area contributed by atoms with Crippen LogP contribution in [0.2, 0.25) is 0 Å². The van der Waals surface area contributed by atoms with E-state index in [0.717, 1.165) is 11.1 Å². The lowest BCUT2D eigenvalue weighted by Gasteiger charge is -2.10. The van der Waals surface area contributed by atoms with Gasteiger partial charge in [0.2, 0.25) is 0 Å². The van der Waals surface area contributed by atoms with E-state index in [0.29, 0.717) is 12.2 Å². The maximum Gasteiger partial charge on any atom is 0.513 e. The molecule has 0 fully saturated rings. The smallest absolute Gasteiger partial charge is 0.434 e. The molecule has 0 radical (unpaired) electrons. The van der Waals surface area contributed by atoms with Gasteiger partial charge >= 0.3 is 6.16 Å². The summed E-state index contributed by atoms with van der Waals surface area (Å²) in [6, 6.07) is 17.1. The SMILES string of the molecule is C=CCCOC(=O)Oc1ccccc1-c1ccccc1. The zero-order valence-electron chi connectivity index (χ0n) is 11.1. The highest BCUT2D eigenvalue weighted by Gasteiger charge is 2.10. The molecule has 0 N–H and O–H groups in total. The van der Waals surface area contributed by atoms with E-state index in [1.54, 1.807) is 12.1 Å². The van der Waals surface area contributed by atoms with Crippen LogP contribution in [0.25, 0.3) is 11.1 Å². The van der Waals surface area contributed by atoms with Crippen LogP contribution >= 0.6 is 0 Å². The number of carbonyl (C=O) groups excluding carboxylic acids is 1. The molecule has 0 spiro atoms. The van der Waals surface area contributed by atoms with Crippen LogP contribution in [0.15, 0.2) is 67.3 Å². The van der Waals surface area contributed by atoms with Gasteiger partial charge in [0.05, 0.1) is 6.61 Å². The van der Waals surface area contributed by atoms with Gasteiger partial charge in [-0.05, 0) is 18.1 Å². The molecule has 3 heteroatoms. The number of benzene rings is 2. The monoisotopic (exact) mass is 268 g/mol. The van der Waals surface area contributed by atoms with Crippen molar-refractivity contribution in [3.8, 4) is 16.9 Å². The molecule has 102 valence electrons. The summed E-state index contributed by atoms with van der Waals surface area (Å²) in [7, 11) is 0. The first-order valence-corrected chi connectivity index (χ1v) is 6.41. The van der Waals surface area contributed by atoms with Gasteiger partial charge in [0.15, 0.2) is 0 Å². The molecule has 0 bridgehead atoms. The van der Waals surface area contributed by atoms with E-state index in [4.69, 9.17) is 9.47 Å². The molecule has 0 aromatic heterocycles. The van der Waals surface area contributed by atoms with Crippen molar-refractivity contribution in [2.75, 3.05) is 6.61 Å². The maximum atomic E-state index is 11.6. The predicted octanol–water partition coefficient (Wildman–Crippen LogP) is 4.45. The van der Waals surface area contributed by atoms with E-state index in [-0.39, 0.29) is 6.61 Å². The molecular formula is C17H16O3. The van der Waals surface area contributed by atoms with E-state index in [9.17, 15) is 4.79 Å². The van der Waals surface area contributed by atoms with E-state index in [1.165, 1.54) is 0 Å². The maximum absolute atomic E-state index is 11.6. The van der Waals surface area contributed by atoms with Crippen molar-refractivity contribution in [2.45, 2.75) is 6.42 Å². The molecule has 0 aliphatic rings. The highest BCUT2D eigenvalue weighted by molar-refractivity contribution is 5.74. The Balaban J connectivity index is 2.12. The molecule has 0 saturated carbocycles. The van der Waals surface area contributed by atoms with Crippen LogP contribution in [0.4, 0.5) is 4.79 Å². The standard InChI is InChI=1S/C17H16O3/c1-2-3-13-19-17(18)20-16-12-8-7-11-15(16)14-9-5-4-6-10-14/h2,4-12H,1,3,13H2. The van der Waals surface area contributed by atoms with Gasteiger partial charge in [-0.25, -0.2) is 4.79 Å². The first-order valence-electron chi connectivity index (χ1n) is 6.41. The second kappa shape index (κ2) is 7.14. The zero-order chi connectivity index (χ0) is 14.2. The first-order chi connectivity index (χ1) is 9.81. The summed E-state index contributed by atoms with van der Waals surface area (Å²) in [6.45, 7) is 3.84. The number of ether oxygens (including phenoxy) is 2. The van der Waals surface area contributed by atoms with Crippen LogP contribution < -0.4 is 4.74 Å². The average Bonchev–Trinajstić information content (AvgIpc) is 2.49. The third-order valence-electron chi connectivity index (χ3n) is 2.71. The lowest BCUT2D eigenvalue weighted by Crippen LogP contribution is -2.11. The second-order valence-corrected chi connectivity index (χ2v) is 4.14. The van der Waals surface area contributed by atoms with Crippen LogP contribution in [0.3, 0.4) is 0 Å². The molecule has 0 aliphatic carbocycles. The minimum atomic E-state index is -0.699. The topological polar surface area (TPSA) is 35.5 Å². The fraction of sp³-hybridized carbons (Fsp3) is 0.118. The van der Waals surface area contributed by atoms with Gasteiger partial charge in [-0.1, -0.05) is 54.6 Å². The van der Waals surface area contributed by atoms with Gasteiger partial charge in [0.1, 0.15) is 5.75 Å². The fourth-order valence-electron chi connectivity index (χ4n) is 1.76. The summed E-state index contributed by atoms with van der Waals surface area (Å²) in [5, 5.41) is 0. The minimum absolute atomic E-state index is 0.274. The van der Waals surface area contributed by atoms with Crippen LogP contribution in [0, 0.1) is 0 Å². The molecule has 0 unspecified atom stereocenters. The second-order valence-electron chi connectivity index (χ2n) is 4.14. The summed E-state index contributed by atoms with van der Waals surface area (Å²) < 4.78 is 10.2. The van der Waals surface area contributed by atoms with Crippen molar-refractivity contribution in [1.82, 2.24) is 0 Å². The highest BCUT2D eigenvalue weighted by atomic mass is 16.7. The number of carbonyl (C=O) groups is 1. The Kier molecular flexibility index (Phi) is 4.95. The molecule has 2 rings (SSSR count). The Labute approximate surface area is 118 Å². The summed E-state index contributed by atoms with van der Waals surface area (Å²) in [6.07, 6.45) is 1.59. The largest absolute Gasteiger partial charge is 0.513 e. The van der Waals surface area contributed by atoms with Gasteiger partial charge in [0.25, 0.3) is 0 Å². The molecule has 0 atom stereocenters. The van der Waals surface area contributed by atoms with Crippen molar-refractivity contribution in [2.24, 2.45) is 0 Å². The Morgan fingerprint density at radius 1 is 1.05 bits per heavy atom.